The number of carboxylic acid groups (broad SMARTS) is 1. The van der Waals surface area contributed by atoms with Crippen LogP contribution in [0.3, 0.4) is 0 Å². The maximum absolute atomic E-state index is 13.3. The number of likely N-dealkylation sites (tertiary alicyclic amines) is 1. The molecule has 1 aliphatic rings. The molecule has 4 aromatic rings. The number of nitrogens with zero attached hydrogens (tertiary/aromatic N) is 3. The molecule has 2 N–H and O–H groups in total. The molecule has 1 fully saturated rings. The number of ether oxygens (including phenoxy) is 1. The van der Waals surface area contributed by atoms with Gasteiger partial charge in [0.25, 0.3) is 5.91 Å². The number of hydrogen-bond acceptors (Lipinski definition) is 7. The number of aliphatic carboxylic acids is 1. The lowest BCUT2D eigenvalue weighted by molar-refractivity contribution is -0.888. The highest BCUT2D eigenvalue weighted by Crippen LogP contribution is 2.30. The van der Waals surface area contributed by atoms with Gasteiger partial charge in [-0.15, -0.1) is 11.3 Å². The van der Waals surface area contributed by atoms with Gasteiger partial charge >= 0.3 is 12.4 Å². The third-order valence-corrected chi connectivity index (χ3v) is 7.33. The molecule has 17 heteroatoms. The predicted octanol–water partition coefficient (Wildman–Crippen LogP) is 2.72. The summed E-state index contributed by atoms with van der Waals surface area (Å²) >= 11 is 1.05. The number of benzene rings is 1. The molecule has 0 radical (unpaired) electrons. The van der Waals surface area contributed by atoms with Crippen LogP contribution in [0.1, 0.15) is 16.1 Å². The monoisotopic (exact) mass is 647 g/mol. The fraction of sp³-hybridized carbons (Fsp3) is 0.333. The van der Waals surface area contributed by atoms with Crippen LogP contribution in [0.4, 0.5) is 30.7 Å². The van der Waals surface area contributed by atoms with E-state index in [1.54, 1.807) is 22.3 Å². The third-order valence-electron chi connectivity index (χ3n) is 6.40. The zero-order valence-corrected chi connectivity index (χ0v) is 23.4. The fourth-order valence-electron chi connectivity index (χ4n) is 4.25. The number of alkyl halides is 7. The Kier molecular flexibility index (Phi) is 10.1. The Morgan fingerprint density at radius 3 is 2.41 bits per heavy atom. The van der Waals surface area contributed by atoms with Crippen molar-refractivity contribution in [3.63, 3.8) is 0 Å². The summed E-state index contributed by atoms with van der Waals surface area (Å²) in [4.78, 5) is 26.7. The molecule has 5 rings (SSSR count). The minimum atomic E-state index is -5.19. The second-order valence-corrected chi connectivity index (χ2v) is 10.6. The first-order valence-electron chi connectivity index (χ1n) is 13.0. The minimum Gasteiger partial charge on any atom is -0.542 e. The number of rotatable bonds is 8. The van der Waals surface area contributed by atoms with Gasteiger partial charge in [-0.2, -0.15) is 31.4 Å². The zero-order chi connectivity index (χ0) is 32.1. The van der Waals surface area contributed by atoms with Crippen LogP contribution in [-0.4, -0.2) is 77.8 Å². The average Bonchev–Trinajstić information content (AvgIpc) is 3.71. The number of carbonyl (C=O) groups excluding carboxylic acids is 2. The van der Waals surface area contributed by atoms with Crippen LogP contribution in [0.25, 0.3) is 27.9 Å². The van der Waals surface area contributed by atoms with E-state index >= 15 is 0 Å². The number of amides is 1. The molecule has 4 heterocycles. The van der Waals surface area contributed by atoms with Crippen molar-refractivity contribution in [3.05, 3.63) is 59.2 Å². The van der Waals surface area contributed by atoms with E-state index in [1.165, 1.54) is 11.0 Å². The number of quaternary nitrogens is 1. The highest BCUT2D eigenvalue weighted by atomic mass is 32.1. The summed E-state index contributed by atoms with van der Waals surface area (Å²) < 4.78 is 89.4. The van der Waals surface area contributed by atoms with Crippen molar-refractivity contribution in [1.82, 2.24) is 19.9 Å². The SMILES string of the molecule is O=C(NCC(F)(F)F)c1cc(-c2cnn3cc(-c4ccc(OCC[NH+]5CC[C@H](F)C5)cc4)cnc23)cs1.O=C([O-])C(F)(F)F. The molecule has 9 nitrogen and oxygen atoms in total. The summed E-state index contributed by atoms with van der Waals surface area (Å²) in [6, 6.07) is 9.13. The van der Waals surface area contributed by atoms with Crippen LogP contribution in [0.15, 0.2) is 54.3 Å². The van der Waals surface area contributed by atoms with E-state index in [1.807, 2.05) is 35.8 Å². The highest BCUT2D eigenvalue weighted by molar-refractivity contribution is 7.12. The Labute approximate surface area is 248 Å². The van der Waals surface area contributed by atoms with E-state index in [-0.39, 0.29) is 4.88 Å². The first-order chi connectivity index (χ1) is 20.7. The first-order valence-corrected chi connectivity index (χ1v) is 13.8. The van der Waals surface area contributed by atoms with Gasteiger partial charge in [-0.25, -0.2) is 13.9 Å². The van der Waals surface area contributed by atoms with E-state index in [9.17, 15) is 35.5 Å². The molecule has 1 saturated heterocycles. The molecule has 0 aliphatic carbocycles. The zero-order valence-electron chi connectivity index (χ0n) is 22.5. The quantitative estimate of drug-likeness (QED) is 0.285. The molecule has 236 valence electrons. The highest BCUT2D eigenvalue weighted by Gasteiger charge is 2.29. The van der Waals surface area contributed by atoms with Crippen LogP contribution >= 0.6 is 11.3 Å². The molecule has 0 spiro atoms. The van der Waals surface area contributed by atoms with Crippen molar-refractivity contribution in [2.45, 2.75) is 24.9 Å². The van der Waals surface area contributed by atoms with Gasteiger partial charge in [-0.3, -0.25) is 4.79 Å². The summed E-state index contributed by atoms with van der Waals surface area (Å²) in [6.07, 6.45) is -4.60. The van der Waals surface area contributed by atoms with Crippen LogP contribution in [0.5, 0.6) is 5.75 Å². The molecular weight excluding hydrogens is 623 g/mol. The van der Waals surface area contributed by atoms with Crippen molar-refractivity contribution >= 4 is 28.9 Å². The Morgan fingerprint density at radius 1 is 1.09 bits per heavy atom. The molecule has 44 heavy (non-hydrogen) atoms. The van der Waals surface area contributed by atoms with Crippen LogP contribution in [-0.2, 0) is 4.79 Å². The Bertz CT molecular complexity index is 1590. The molecule has 1 aliphatic heterocycles. The molecule has 0 bridgehead atoms. The largest absolute Gasteiger partial charge is 0.542 e. The van der Waals surface area contributed by atoms with Gasteiger partial charge in [-0.1, -0.05) is 12.1 Å². The van der Waals surface area contributed by atoms with Crippen molar-refractivity contribution in [2.75, 3.05) is 32.8 Å². The Morgan fingerprint density at radius 2 is 1.80 bits per heavy atom. The second-order valence-electron chi connectivity index (χ2n) is 9.66. The summed E-state index contributed by atoms with van der Waals surface area (Å²) in [5, 5.41) is 16.7. The van der Waals surface area contributed by atoms with Crippen LogP contribution < -0.4 is 20.1 Å². The van der Waals surface area contributed by atoms with Gasteiger partial charge in [-0.05, 0) is 34.7 Å². The number of halogens is 7. The fourth-order valence-corrected chi connectivity index (χ4v) is 5.08. The maximum atomic E-state index is 13.3. The van der Waals surface area contributed by atoms with E-state index in [2.05, 4.69) is 10.1 Å². The maximum Gasteiger partial charge on any atom is 0.430 e. The number of aromatic nitrogens is 3. The van der Waals surface area contributed by atoms with Gasteiger partial charge in [0.2, 0.25) is 0 Å². The standard InChI is InChI=1S/C25H23F4N5O2S.C2HF3O2/c26-19-5-6-33(13-19)7-8-36-20-3-1-16(2-4-20)18-10-30-23-21(11-32-34(23)12-18)17-9-22(37-14-17)24(35)31-15-25(27,28)29;3-2(4,5)1(6)7/h1-4,9-12,14,19H,5-8,13,15H2,(H,31,35);(H,6,7)/t19-;/m0./s1. The lowest BCUT2D eigenvalue weighted by atomic mass is 10.1. The molecule has 1 unspecified atom stereocenters. The van der Waals surface area contributed by atoms with Gasteiger partial charge in [0.1, 0.15) is 38.0 Å². The Hall–Kier alpha value is -4.25. The summed E-state index contributed by atoms with van der Waals surface area (Å²) in [7, 11) is 0. The van der Waals surface area contributed by atoms with Gasteiger partial charge in [0.05, 0.1) is 17.6 Å². The van der Waals surface area contributed by atoms with Crippen molar-refractivity contribution in [2.24, 2.45) is 0 Å². The summed E-state index contributed by atoms with van der Waals surface area (Å²) in [6.45, 7) is 1.32. The average molecular weight is 648 g/mol. The minimum absolute atomic E-state index is 0.172. The smallest absolute Gasteiger partial charge is 0.430 e. The summed E-state index contributed by atoms with van der Waals surface area (Å²) in [5.74, 6) is -3.05. The molecule has 3 aromatic heterocycles. The van der Waals surface area contributed by atoms with Crippen LogP contribution in [0.2, 0.25) is 0 Å². The van der Waals surface area contributed by atoms with Gasteiger partial charge in [0, 0.05) is 29.9 Å². The van der Waals surface area contributed by atoms with Gasteiger partial charge in [0.15, 0.2) is 11.8 Å². The van der Waals surface area contributed by atoms with E-state index in [0.717, 1.165) is 41.3 Å². The predicted molar refractivity (Wildman–Crippen MR) is 142 cm³/mol. The lowest BCUT2D eigenvalue weighted by Gasteiger charge is -2.13. The molecule has 1 amide bonds. The van der Waals surface area contributed by atoms with Crippen molar-refractivity contribution in [3.8, 4) is 28.0 Å². The first kappa shape index (κ1) is 32.7. The van der Waals surface area contributed by atoms with Crippen LogP contribution in [0, 0.1) is 0 Å². The summed E-state index contributed by atoms with van der Waals surface area (Å²) in [5.41, 5.74) is 3.63. The number of carboxylic acids is 1. The number of nitrogens with one attached hydrogen (secondary N) is 2. The topological polar surface area (TPSA) is 113 Å². The van der Waals surface area contributed by atoms with Gasteiger partial charge < -0.3 is 24.9 Å². The number of hydrogen-bond donors (Lipinski definition) is 2. The van der Waals surface area contributed by atoms with E-state index < -0.39 is 36.9 Å². The van der Waals surface area contributed by atoms with E-state index in [4.69, 9.17) is 14.6 Å². The number of fused-ring (bicyclic) bond motifs is 1. The molecule has 2 atom stereocenters. The van der Waals surface area contributed by atoms with E-state index in [0.29, 0.717) is 36.3 Å². The number of carbonyl (C=O) groups is 2. The molecule has 0 saturated carbocycles. The second kappa shape index (κ2) is 13.6. The number of thiophene rings is 1. The lowest BCUT2D eigenvalue weighted by Crippen LogP contribution is -3.11. The molecular formula is C27H24F7N5O4S. The normalized spacial score (nSPS) is 16.8. The van der Waals surface area contributed by atoms with Crippen molar-refractivity contribution < 1.29 is 55.1 Å². The Balaban J connectivity index is 0.000000566. The molecule has 1 aromatic carbocycles. The van der Waals surface area contributed by atoms with Crippen molar-refractivity contribution in [1.29, 1.82) is 0 Å². The third kappa shape index (κ3) is 8.89.